The molecule has 0 aliphatic rings. The standard InChI is InChI=1S/C14H21N3O3S/c1-4-10-15-14(18)16-12-6-8-13(9-7-12)21(19,20)17(3)11-5-2/h5-9H,2,4,10-11H2,1,3H3,(H2,15,16,18). The third-order valence-electron chi connectivity index (χ3n) is 2.74. The maximum Gasteiger partial charge on any atom is 0.319 e. The molecule has 1 aromatic rings. The molecule has 0 spiro atoms. The van der Waals surface area contributed by atoms with Gasteiger partial charge >= 0.3 is 6.03 Å². The van der Waals surface area contributed by atoms with Gasteiger partial charge in [-0.05, 0) is 30.7 Å². The number of carbonyl (C=O) groups excluding carboxylic acids is 1. The molecule has 0 heterocycles. The van der Waals surface area contributed by atoms with Crippen molar-refractivity contribution in [2.45, 2.75) is 18.2 Å². The van der Waals surface area contributed by atoms with Gasteiger partial charge in [0.2, 0.25) is 10.0 Å². The smallest absolute Gasteiger partial charge is 0.319 e. The molecular formula is C14H21N3O3S. The van der Waals surface area contributed by atoms with Crippen molar-refractivity contribution in [2.24, 2.45) is 0 Å². The van der Waals surface area contributed by atoms with Crippen molar-refractivity contribution < 1.29 is 13.2 Å². The predicted molar refractivity (Wildman–Crippen MR) is 83.8 cm³/mol. The Labute approximate surface area is 125 Å². The second-order valence-corrected chi connectivity index (χ2v) is 6.52. The fourth-order valence-corrected chi connectivity index (χ4v) is 2.73. The van der Waals surface area contributed by atoms with Crippen LogP contribution in [0, 0.1) is 0 Å². The van der Waals surface area contributed by atoms with Crippen LogP contribution in [0.5, 0.6) is 0 Å². The molecular weight excluding hydrogens is 290 g/mol. The van der Waals surface area contributed by atoms with E-state index in [1.54, 1.807) is 12.1 Å². The van der Waals surface area contributed by atoms with Gasteiger partial charge in [0.05, 0.1) is 4.90 Å². The van der Waals surface area contributed by atoms with Gasteiger partial charge in [-0.25, -0.2) is 13.2 Å². The van der Waals surface area contributed by atoms with E-state index in [0.29, 0.717) is 12.2 Å². The van der Waals surface area contributed by atoms with Crippen LogP contribution in [0.1, 0.15) is 13.3 Å². The molecule has 0 aliphatic carbocycles. The van der Waals surface area contributed by atoms with E-state index in [1.165, 1.54) is 29.6 Å². The number of likely N-dealkylation sites (N-methyl/N-ethyl adjacent to an activating group) is 1. The average Bonchev–Trinajstić information content (AvgIpc) is 2.46. The first-order valence-corrected chi connectivity index (χ1v) is 8.08. The number of rotatable bonds is 7. The van der Waals surface area contributed by atoms with E-state index in [4.69, 9.17) is 0 Å². The number of amides is 2. The number of sulfonamides is 1. The molecule has 0 unspecified atom stereocenters. The highest BCUT2D eigenvalue weighted by molar-refractivity contribution is 7.89. The zero-order valence-electron chi connectivity index (χ0n) is 12.3. The van der Waals surface area contributed by atoms with E-state index in [9.17, 15) is 13.2 Å². The minimum Gasteiger partial charge on any atom is -0.338 e. The first-order chi connectivity index (χ1) is 9.91. The molecule has 0 aliphatic heterocycles. The summed E-state index contributed by atoms with van der Waals surface area (Å²) in [6.45, 7) is 6.30. The first-order valence-electron chi connectivity index (χ1n) is 6.64. The van der Waals surface area contributed by atoms with Gasteiger partial charge < -0.3 is 10.6 Å². The third kappa shape index (κ3) is 4.87. The monoisotopic (exact) mass is 311 g/mol. The minimum absolute atomic E-state index is 0.173. The Morgan fingerprint density at radius 3 is 2.48 bits per heavy atom. The average molecular weight is 311 g/mol. The largest absolute Gasteiger partial charge is 0.338 e. The number of hydrogen-bond acceptors (Lipinski definition) is 3. The summed E-state index contributed by atoms with van der Waals surface area (Å²) in [5.41, 5.74) is 0.536. The van der Waals surface area contributed by atoms with Crippen LogP contribution in [0.4, 0.5) is 10.5 Å². The van der Waals surface area contributed by atoms with Crippen molar-refractivity contribution in [1.82, 2.24) is 9.62 Å². The molecule has 0 saturated carbocycles. The highest BCUT2D eigenvalue weighted by Gasteiger charge is 2.19. The van der Waals surface area contributed by atoms with Crippen molar-refractivity contribution in [3.05, 3.63) is 36.9 Å². The quantitative estimate of drug-likeness (QED) is 0.756. The van der Waals surface area contributed by atoms with Gasteiger partial charge in [0.1, 0.15) is 0 Å². The van der Waals surface area contributed by atoms with Crippen molar-refractivity contribution >= 4 is 21.7 Å². The van der Waals surface area contributed by atoms with Crippen molar-refractivity contribution in [3.8, 4) is 0 Å². The maximum atomic E-state index is 12.2. The number of anilines is 1. The molecule has 0 fully saturated rings. The van der Waals surface area contributed by atoms with Gasteiger partial charge in [0.15, 0.2) is 0 Å². The van der Waals surface area contributed by atoms with E-state index in [0.717, 1.165) is 6.42 Å². The molecule has 1 aromatic carbocycles. The third-order valence-corrected chi connectivity index (χ3v) is 4.58. The van der Waals surface area contributed by atoms with Gasteiger partial charge in [0.25, 0.3) is 0 Å². The fourth-order valence-electron chi connectivity index (χ4n) is 1.58. The molecule has 2 amide bonds. The van der Waals surface area contributed by atoms with Crippen molar-refractivity contribution in [3.63, 3.8) is 0 Å². The normalized spacial score (nSPS) is 11.2. The first kappa shape index (κ1) is 17.2. The zero-order chi connectivity index (χ0) is 15.9. The highest BCUT2D eigenvalue weighted by Crippen LogP contribution is 2.17. The Hall–Kier alpha value is -1.86. The summed E-state index contributed by atoms with van der Waals surface area (Å²) in [5, 5.41) is 5.31. The summed E-state index contributed by atoms with van der Waals surface area (Å²) < 4.78 is 25.6. The number of hydrogen-bond donors (Lipinski definition) is 2. The topological polar surface area (TPSA) is 78.5 Å². The van der Waals surface area contributed by atoms with Crippen LogP contribution in [-0.4, -0.2) is 38.9 Å². The summed E-state index contributed by atoms with van der Waals surface area (Å²) >= 11 is 0. The van der Waals surface area contributed by atoms with Crippen LogP contribution in [0.25, 0.3) is 0 Å². The summed E-state index contributed by atoms with van der Waals surface area (Å²) in [5.74, 6) is 0. The Morgan fingerprint density at radius 1 is 1.33 bits per heavy atom. The van der Waals surface area contributed by atoms with E-state index in [-0.39, 0.29) is 17.5 Å². The second-order valence-electron chi connectivity index (χ2n) is 4.48. The van der Waals surface area contributed by atoms with E-state index in [1.807, 2.05) is 6.92 Å². The van der Waals surface area contributed by atoms with Crippen LogP contribution in [-0.2, 0) is 10.0 Å². The van der Waals surface area contributed by atoms with Gasteiger partial charge in [-0.15, -0.1) is 6.58 Å². The molecule has 21 heavy (non-hydrogen) atoms. The molecule has 7 heteroatoms. The summed E-state index contributed by atoms with van der Waals surface area (Å²) in [7, 11) is -2.04. The van der Waals surface area contributed by atoms with Crippen LogP contribution in [0.15, 0.2) is 41.8 Å². The highest BCUT2D eigenvalue weighted by atomic mass is 32.2. The lowest BCUT2D eigenvalue weighted by Crippen LogP contribution is -2.29. The van der Waals surface area contributed by atoms with E-state index in [2.05, 4.69) is 17.2 Å². The zero-order valence-corrected chi connectivity index (χ0v) is 13.1. The molecule has 0 atom stereocenters. The van der Waals surface area contributed by atoms with Crippen LogP contribution in [0.3, 0.4) is 0 Å². The molecule has 0 aromatic heterocycles. The molecule has 2 N–H and O–H groups in total. The maximum absolute atomic E-state index is 12.2. The molecule has 6 nitrogen and oxygen atoms in total. The second kappa shape index (κ2) is 7.80. The van der Waals surface area contributed by atoms with Gasteiger partial charge in [-0.3, -0.25) is 0 Å². The number of urea groups is 1. The predicted octanol–water partition coefficient (Wildman–Crippen LogP) is 2.02. The van der Waals surface area contributed by atoms with Gasteiger partial charge in [-0.2, -0.15) is 4.31 Å². The molecule has 1 rings (SSSR count). The van der Waals surface area contributed by atoms with Crippen molar-refractivity contribution in [1.29, 1.82) is 0 Å². The SMILES string of the molecule is C=CCN(C)S(=O)(=O)c1ccc(NC(=O)NCCC)cc1. The van der Waals surface area contributed by atoms with Gasteiger partial charge in [-0.1, -0.05) is 13.0 Å². The molecule has 0 bridgehead atoms. The lowest BCUT2D eigenvalue weighted by Gasteiger charge is -2.15. The van der Waals surface area contributed by atoms with Crippen molar-refractivity contribution in [2.75, 3.05) is 25.5 Å². The summed E-state index contributed by atoms with van der Waals surface area (Å²) in [6, 6.07) is 5.73. The van der Waals surface area contributed by atoms with Crippen LogP contribution < -0.4 is 10.6 Å². The lowest BCUT2D eigenvalue weighted by molar-refractivity contribution is 0.252. The number of nitrogens with one attached hydrogen (secondary N) is 2. The number of carbonyl (C=O) groups is 1. The summed E-state index contributed by atoms with van der Waals surface area (Å²) in [6.07, 6.45) is 2.37. The van der Waals surface area contributed by atoms with E-state index < -0.39 is 10.0 Å². The minimum atomic E-state index is -3.53. The van der Waals surface area contributed by atoms with Gasteiger partial charge in [0, 0.05) is 25.8 Å². The molecule has 0 saturated heterocycles. The van der Waals surface area contributed by atoms with Crippen LogP contribution >= 0.6 is 0 Å². The Morgan fingerprint density at radius 2 is 1.95 bits per heavy atom. The number of benzene rings is 1. The lowest BCUT2D eigenvalue weighted by atomic mass is 10.3. The Kier molecular flexibility index (Phi) is 6.39. The summed E-state index contributed by atoms with van der Waals surface area (Å²) in [4.78, 5) is 11.7. The molecule has 116 valence electrons. The fraction of sp³-hybridized carbons (Fsp3) is 0.357. The van der Waals surface area contributed by atoms with Crippen LogP contribution in [0.2, 0.25) is 0 Å². The number of nitrogens with zero attached hydrogens (tertiary/aromatic N) is 1. The Balaban J connectivity index is 2.78. The Bertz CT molecular complexity index is 582. The van der Waals surface area contributed by atoms with E-state index >= 15 is 0 Å². The molecule has 0 radical (unpaired) electrons.